The van der Waals surface area contributed by atoms with Crippen molar-refractivity contribution in [3.05, 3.63) is 70.1 Å². The third kappa shape index (κ3) is 5.75. The molecule has 0 saturated heterocycles. The lowest BCUT2D eigenvalue weighted by molar-refractivity contribution is -0.123. The number of carbonyl (C=O) groups excluding carboxylic acids is 2. The Morgan fingerprint density at radius 1 is 1.00 bits per heavy atom. The van der Waals surface area contributed by atoms with Crippen molar-refractivity contribution in [1.82, 2.24) is 25.4 Å². The minimum Gasteiger partial charge on any atom is -0.271 e. The highest BCUT2D eigenvalue weighted by molar-refractivity contribution is 7.89. The Hall–Kier alpha value is -3.57. The fraction of sp³-hybridized carbons (Fsp3) is 0.333. The summed E-state index contributed by atoms with van der Waals surface area (Å²) in [6.45, 7) is 9.39. The zero-order valence-corrected chi connectivity index (χ0v) is 21.1. The monoisotopic (exact) mass is 499 g/mol. The predicted octanol–water partition coefficient (Wildman–Crippen LogP) is 1.84. The van der Waals surface area contributed by atoms with Gasteiger partial charge in [-0.25, -0.2) is 13.1 Å². The van der Waals surface area contributed by atoms with Gasteiger partial charge < -0.3 is 0 Å². The molecule has 35 heavy (non-hydrogen) atoms. The van der Waals surface area contributed by atoms with E-state index in [1.807, 2.05) is 20.8 Å². The number of hydrazine groups is 1. The first kappa shape index (κ1) is 26.0. The van der Waals surface area contributed by atoms with Crippen LogP contribution in [0.3, 0.4) is 0 Å². The molecule has 1 atom stereocenters. The smallest absolute Gasteiger partial charge is 0.271 e. The number of aromatic nitrogens is 2. The van der Waals surface area contributed by atoms with Crippen LogP contribution in [0.1, 0.15) is 50.7 Å². The highest BCUT2D eigenvalue weighted by Gasteiger charge is 2.24. The molecule has 0 aliphatic rings. The van der Waals surface area contributed by atoms with E-state index in [9.17, 15) is 22.8 Å². The van der Waals surface area contributed by atoms with Crippen molar-refractivity contribution in [3.63, 3.8) is 0 Å². The van der Waals surface area contributed by atoms with Crippen LogP contribution >= 0.6 is 0 Å². The highest BCUT2D eigenvalue weighted by Crippen LogP contribution is 2.23. The summed E-state index contributed by atoms with van der Waals surface area (Å²) in [6, 6.07) is 11.8. The molecule has 0 radical (unpaired) electrons. The van der Waals surface area contributed by atoms with Crippen LogP contribution in [0.15, 0.2) is 58.2 Å². The molecule has 0 aliphatic heterocycles. The number of sulfonamides is 1. The molecule has 0 unspecified atom stereocenters. The van der Waals surface area contributed by atoms with Gasteiger partial charge in [0, 0.05) is 11.9 Å². The SMILES string of the molecule is CCn1nc(C(=O)NNC(=O)[C@H](C)NS(=O)(=O)c2ccc(C(C)(C)C)cc2)c2ccccc2c1=O. The largest absolute Gasteiger partial charge is 0.290 e. The van der Waals surface area contributed by atoms with E-state index in [2.05, 4.69) is 20.7 Å². The fourth-order valence-corrected chi connectivity index (χ4v) is 4.59. The molecule has 3 N–H and O–H groups in total. The minimum absolute atomic E-state index is 0.0201. The van der Waals surface area contributed by atoms with Crippen molar-refractivity contribution in [3.8, 4) is 0 Å². The number of hydrogen-bond donors (Lipinski definition) is 3. The minimum atomic E-state index is -3.97. The normalized spacial score (nSPS) is 12.8. The van der Waals surface area contributed by atoms with Gasteiger partial charge in [0.2, 0.25) is 10.0 Å². The zero-order valence-electron chi connectivity index (χ0n) is 20.2. The number of benzene rings is 2. The van der Waals surface area contributed by atoms with Crippen molar-refractivity contribution in [1.29, 1.82) is 0 Å². The maximum absolute atomic E-state index is 12.7. The maximum atomic E-state index is 12.7. The Morgan fingerprint density at radius 3 is 2.17 bits per heavy atom. The Kier molecular flexibility index (Phi) is 7.41. The van der Waals surface area contributed by atoms with Crippen molar-refractivity contribution in [2.45, 2.75) is 57.5 Å². The summed E-state index contributed by atoms with van der Waals surface area (Å²) in [5.41, 5.74) is 4.91. The van der Waals surface area contributed by atoms with Crippen molar-refractivity contribution < 1.29 is 18.0 Å². The molecule has 1 heterocycles. The van der Waals surface area contributed by atoms with Gasteiger partial charge in [0.25, 0.3) is 17.4 Å². The molecule has 2 amide bonds. The zero-order chi connectivity index (χ0) is 26.0. The summed E-state index contributed by atoms with van der Waals surface area (Å²) in [4.78, 5) is 37.7. The molecule has 0 fully saturated rings. The quantitative estimate of drug-likeness (QED) is 0.442. The molecular weight excluding hydrogens is 470 g/mol. The number of aryl methyl sites for hydroxylation is 1. The van der Waals surface area contributed by atoms with Crippen LogP contribution in [0.5, 0.6) is 0 Å². The van der Waals surface area contributed by atoms with E-state index < -0.39 is 27.9 Å². The lowest BCUT2D eigenvalue weighted by Gasteiger charge is -2.19. The van der Waals surface area contributed by atoms with Gasteiger partial charge in [0.05, 0.1) is 16.3 Å². The van der Waals surface area contributed by atoms with Crippen molar-refractivity contribution in [2.24, 2.45) is 0 Å². The van der Waals surface area contributed by atoms with Gasteiger partial charge in [0.1, 0.15) is 0 Å². The van der Waals surface area contributed by atoms with Gasteiger partial charge in [-0.15, -0.1) is 0 Å². The van der Waals surface area contributed by atoms with Crippen LogP contribution in [-0.4, -0.2) is 36.1 Å². The molecule has 0 bridgehead atoms. The standard InChI is InChI=1S/C24H29N5O5S/c1-6-29-23(32)19-10-8-7-9-18(19)20(27-29)22(31)26-25-21(30)15(2)28-35(33,34)17-13-11-16(12-14-17)24(3,4)5/h7-15,28H,6H2,1-5H3,(H,25,30)(H,26,31)/t15-/m0/s1. The molecule has 0 spiro atoms. The molecule has 10 nitrogen and oxygen atoms in total. The lowest BCUT2D eigenvalue weighted by Crippen LogP contribution is -2.51. The third-order valence-electron chi connectivity index (χ3n) is 5.44. The van der Waals surface area contributed by atoms with Crippen LogP contribution < -0.4 is 21.1 Å². The average molecular weight is 500 g/mol. The van der Waals surface area contributed by atoms with E-state index in [4.69, 9.17) is 0 Å². The molecule has 11 heteroatoms. The van der Waals surface area contributed by atoms with Gasteiger partial charge in [-0.1, -0.05) is 51.1 Å². The van der Waals surface area contributed by atoms with E-state index in [0.29, 0.717) is 10.8 Å². The first-order valence-electron chi connectivity index (χ1n) is 11.1. The second kappa shape index (κ2) is 9.96. The molecule has 2 aromatic carbocycles. The second-order valence-corrected chi connectivity index (χ2v) is 10.8. The number of amides is 2. The Morgan fingerprint density at radius 2 is 1.60 bits per heavy atom. The van der Waals surface area contributed by atoms with E-state index in [1.54, 1.807) is 43.3 Å². The van der Waals surface area contributed by atoms with E-state index in [1.165, 1.54) is 19.1 Å². The molecular formula is C24H29N5O5S. The summed E-state index contributed by atoms with van der Waals surface area (Å²) in [7, 11) is -3.97. The topological polar surface area (TPSA) is 139 Å². The maximum Gasteiger partial charge on any atom is 0.290 e. The van der Waals surface area contributed by atoms with E-state index in [0.717, 1.165) is 10.2 Å². The number of nitrogens with one attached hydrogen (secondary N) is 3. The molecule has 3 rings (SSSR count). The van der Waals surface area contributed by atoms with Gasteiger partial charge in [-0.2, -0.15) is 9.82 Å². The van der Waals surface area contributed by atoms with Crippen molar-refractivity contribution in [2.75, 3.05) is 0 Å². The summed E-state index contributed by atoms with van der Waals surface area (Å²) < 4.78 is 28.8. The lowest BCUT2D eigenvalue weighted by atomic mass is 9.87. The molecule has 3 aromatic rings. The third-order valence-corrected chi connectivity index (χ3v) is 6.99. The van der Waals surface area contributed by atoms with Gasteiger partial charge in [-0.3, -0.25) is 25.2 Å². The first-order valence-corrected chi connectivity index (χ1v) is 12.6. The van der Waals surface area contributed by atoms with Crippen LogP contribution in [0, 0.1) is 0 Å². The number of hydrogen-bond acceptors (Lipinski definition) is 6. The van der Waals surface area contributed by atoms with Crippen LogP contribution in [0.25, 0.3) is 10.8 Å². The summed E-state index contributed by atoms with van der Waals surface area (Å²) in [6.07, 6.45) is 0. The highest BCUT2D eigenvalue weighted by atomic mass is 32.2. The molecule has 0 saturated carbocycles. The number of nitrogens with zero attached hydrogens (tertiary/aromatic N) is 2. The van der Waals surface area contributed by atoms with Crippen molar-refractivity contribution >= 4 is 32.6 Å². The van der Waals surface area contributed by atoms with Crippen LogP contribution in [0.2, 0.25) is 0 Å². The summed E-state index contributed by atoms with van der Waals surface area (Å²) in [5, 5.41) is 4.75. The van der Waals surface area contributed by atoms with Gasteiger partial charge in [-0.05, 0) is 43.0 Å². The fourth-order valence-electron chi connectivity index (χ4n) is 3.39. The number of rotatable bonds is 6. The van der Waals surface area contributed by atoms with Crippen LogP contribution in [-0.2, 0) is 26.8 Å². The molecule has 186 valence electrons. The molecule has 0 aliphatic carbocycles. The average Bonchev–Trinajstić information content (AvgIpc) is 2.82. The van der Waals surface area contributed by atoms with Crippen LogP contribution in [0.4, 0.5) is 0 Å². The Labute approximate surface area is 203 Å². The number of fused-ring (bicyclic) bond motifs is 1. The van der Waals surface area contributed by atoms with E-state index >= 15 is 0 Å². The van der Waals surface area contributed by atoms with Gasteiger partial charge >= 0.3 is 0 Å². The summed E-state index contributed by atoms with van der Waals surface area (Å²) >= 11 is 0. The van der Waals surface area contributed by atoms with E-state index in [-0.39, 0.29) is 28.1 Å². The van der Waals surface area contributed by atoms with Gasteiger partial charge in [0.15, 0.2) is 5.69 Å². The summed E-state index contributed by atoms with van der Waals surface area (Å²) in [5.74, 6) is -1.52. The molecule has 1 aromatic heterocycles. The number of carbonyl (C=O) groups is 2. The Balaban J connectivity index is 1.70. The predicted molar refractivity (Wildman–Crippen MR) is 132 cm³/mol. The first-order chi connectivity index (χ1) is 16.3. The second-order valence-electron chi connectivity index (χ2n) is 9.08. The Bertz CT molecular complexity index is 1420.